The second-order valence-corrected chi connectivity index (χ2v) is 4.80. The largest absolute Gasteiger partial charge is 0.391 e. The molecule has 0 aliphatic carbocycles. The highest BCUT2D eigenvalue weighted by molar-refractivity contribution is 5.76. The first-order chi connectivity index (χ1) is 6.75. The van der Waals surface area contributed by atoms with E-state index in [0.717, 1.165) is 0 Å². The van der Waals surface area contributed by atoms with E-state index in [2.05, 4.69) is 10.6 Å². The van der Waals surface area contributed by atoms with Crippen molar-refractivity contribution in [3.63, 3.8) is 0 Å². The lowest BCUT2D eigenvalue weighted by molar-refractivity contribution is -0.123. The predicted molar refractivity (Wildman–Crippen MR) is 61.7 cm³/mol. The van der Waals surface area contributed by atoms with Crippen molar-refractivity contribution < 1.29 is 9.90 Å². The van der Waals surface area contributed by atoms with E-state index in [1.807, 2.05) is 27.7 Å². The van der Waals surface area contributed by atoms with Gasteiger partial charge in [-0.25, -0.2) is 0 Å². The van der Waals surface area contributed by atoms with Gasteiger partial charge >= 0.3 is 0 Å². The van der Waals surface area contributed by atoms with E-state index in [9.17, 15) is 9.90 Å². The molecule has 0 saturated heterocycles. The number of carbonyl (C=O) groups is 1. The Morgan fingerprint density at radius 1 is 1.33 bits per heavy atom. The second-order valence-electron chi connectivity index (χ2n) is 4.80. The van der Waals surface area contributed by atoms with Gasteiger partial charge in [0.1, 0.15) is 0 Å². The highest BCUT2D eigenvalue weighted by Crippen LogP contribution is 2.08. The maximum Gasteiger partial charge on any atom is 0.221 e. The molecule has 0 fully saturated rings. The molecule has 0 aliphatic heterocycles. The first kappa shape index (κ1) is 14.4. The molecule has 0 rings (SSSR count). The standard InChI is InChI=1S/C11H24N2O2/c1-8(2)12-7-6-10(15)13-11(4,5)9(3)14/h8-9,12,14H,6-7H2,1-5H3,(H,13,15). The number of carbonyl (C=O) groups excluding carboxylic acids is 1. The van der Waals surface area contributed by atoms with Gasteiger partial charge in [-0.2, -0.15) is 0 Å². The Morgan fingerprint density at radius 3 is 2.27 bits per heavy atom. The fourth-order valence-corrected chi connectivity index (χ4v) is 1.00. The topological polar surface area (TPSA) is 61.4 Å². The Kier molecular flexibility index (Phi) is 5.83. The van der Waals surface area contributed by atoms with Crippen LogP contribution in [-0.4, -0.2) is 35.2 Å². The van der Waals surface area contributed by atoms with Crippen LogP contribution in [0.15, 0.2) is 0 Å². The van der Waals surface area contributed by atoms with Crippen LogP contribution in [0.1, 0.15) is 41.0 Å². The van der Waals surface area contributed by atoms with Crippen molar-refractivity contribution in [2.45, 2.75) is 58.7 Å². The van der Waals surface area contributed by atoms with Crippen molar-refractivity contribution >= 4 is 5.91 Å². The second kappa shape index (κ2) is 6.08. The van der Waals surface area contributed by atoms with Crippen molar-refractivity contribution in [2.24, 2.45) is 0 Å². The van der Waals surface area contributed by atoms with Crippen molar-refractivity contribution in [1.82, 2.24) is 10.6 Å². The summed E-state index contributed by atoms with van der Waals surface area (Å²) in [7, 11) is 0. The van der Waals surface area contributed by atoms with E-state index in [1.54, 1.807) is 6.92 Å². The van der Waals surface area contributed by atoms with Crippen LogP contribution in [0.5, 0.6) is 0 Å². The van der Waals surface area contributed by atoms with Gasteiger partial charge in [-0.3, -0.25) is 4.79 Å². The molecule has 0 saturated carbocycles. The summed E-state index contributed by atoms with van der Waals surface area (Å²) in [5.74, 6) is -0.0333. The maximum atomic E-state index is 11.5. The number of nitrogens with one attached hydrogen (secondary N) is 2. The summed E-state index contributed by atoms with van der Waals surface area (Å²) in [6.45, 7) is 10.0. The SMILES string of the molecule is CC(C)NCCC(=O)NC(C)(C)C(C)O. The van der Waals surface area contributed by atoms with Crippen LogP contribution in [0.4, 0.5) is 0 Å². The van der Waals surface area contributed by atoms with Gasteiger partial charge in [0.15, 0.2) is 0 Å². The zero-order chi connectivity index (χ0) is 12.1. The molecule has 0 radical (unpaired) electrons. The third kappa shape index (κ3) is 6.47. The smallest absolute Gasteiger partial charge is 0.221 e. The van der Waals surface area contributed by atoms with E-state index in [4.69, 9.17) is 0 Å². The van der Waals surface area contributed by atoms with E-state index >= 15 is 0 Å². The molecule has 0 aromatic carbocycles. The monoisotopic (exact) mass is 216 g/mol. The Labute approximate surface area is 92.4 Å². The molecular weight excluding hydrogens is 192 g/mol. The molecular formula is C11H24N2O2. The number of hydrogen-bond acceptors (Lipinski definition) is 3. The average Bonchev–Trinajstić information content (AvgIpc) is 2.01. The average molecular weight is 216 g/mol. The van der Waals surface area contributed by atoms with Crippen LogP contribution in [0.25, 0.3) is 0 Å². The lowest BCUT2D eigenvalue weighted by Crippen LogP contribution is -2.51. The van der Waals surface area contributed by atoms with Crippen molar-refractivity contribution in [3.05, 3.63) is 0 Å². The van der Waals surface area contributed by atoms with Gasteiger partial charge in [0, 0.05) is 19.0 Å². The highest BCUT2D eigenvalue weighted by Gasteiger charge is 2.25. The zero-order valence-corrected chi connectivity index (χ0v) is 10.4. The van der Waals surface area contributed by atoms with E-state index in [-0.39, 0.29) is 5.91 Å². The van der Waals surface area contributed by atoms with Crippen molar-refractivity contribution in [1.29, 1.82) is 0 Å². The molecule has 15 heavy (non-hydrogen) atoms. The minimum Gasteiger partial charge on any atom is -0.391 e. The quantitative estimate of drug-likeness (QED) is 0.611. The maximum absolute atomic E-state index is 11.5. The number of rotatable bonds is 6. The lowest BCUT2D eigenvalue weighted by Gasteiger charge is -2.29. The van der Waals surface area contributed by atoms with Gasteiger partial charge in [-0.15, -0.1) is 0 Å². The Hall–Kier alpha value is -0.610. The summed E-state index contributed by atoms with van der Waals surface area (Å²) in [5, 5.41) is 15.4. The zero-order valence-electron chi connectivity index (χ0n) is 10.4. The van der Waals surface area contributed by atoms with Gasteiger partial charge in [0.25, 0.3) is 0 Å². The molecule has 0 heterocycles. The van der Waals surface area contributed by atoms with Gasteiger partial charge in [-0.1, -0.05) is 13.8 Å². The summed E-state index contributed by atoms with van der Waals surface area (Å²) in [6, 6.07) is 0.391. The molecule has 0 aromatic rings. The summed E-state index contributed by atoms with van der Waals surface area (Å²) in [4.78, 5) is 11.5. The number of aliphatic hydroxyl groups excluding tert-OH is 1. The molecule has 1 unspecified atom stereocenters. The van der Waals surface area contributed by atoms with E-state index < -0.39 is 11.6 Å². The molecule has 4 nitrogen and oxygen atoms in total. The highest BCUT2D eigenvalue weighted by atomic mass is 16.3. The Morgan fingerprint density at radius 2 is 1.87 bits per heavy atom. The van der Waals surface area contributed by atoms with Crippen LogP contribution in [0, 0.1) is 0 Å². The van der Waals surface area contributed by atoms with Gasteiger partial charge < -0.3 is 15.7 Å². The number of aliphatic hydroxyl groups is 1. The first-order valence-corrected chi connectivity index (χ1v) is 5.48. The fourth-order valence-electron chi connectivity index (χ4n) is 1.00. The third-order valence-electron chi connectivity index (χ3n) is 2.41. The van der Waals surface area contributed by atoms with Gasteiger partial charge in [0.2, 0.25) is 5.91 Å². The van der Waals surface area contributed by atoms with Crippen LogP contribution in [-0.2, 0) is 4.79 Å². The molecule has 0 aromatic heterocycles. The van der Waals surface area contributed by atoms with Crippen molar-refractivity contribution in [2.75, 3.05) is 6.54 Å². The molecule has 1 atom stereocenters. The number of amides is 1. The molecule has 0 spiro atoms. The minimum absolute atomic E-state index is 0.0333. The molecule has 90 valence electrons. The summed E-state index contributed by atoms with van der Waals surface area (Å²) in [6.07, 6.45) is -0.117. The summed E-state index contributed by atoms with van der Waals surface area (Å²) < 4.78 is 0. The first-order valence-electron chi connectivity index (χ1n) is 5.48. The Bertz CT molecular complexity index is 201. The fraction of sp³-hybridized carbons (Fsp3) is 0.909. The van der Waals surface area contributed by atoms with Gasteiger partial charge in [0.05, 0.1) is 11.6 Å². The lowest BCUT2D eigenvalue weighted by atomic mass is 9.98. The van der Waals surface area contributed by atoms with E-state index in [1.165, 1.54) is 0 Å². The summed E-state index contributed by atoms with van der Waals surface area (Å²) >= 11 is 0. The van der Waals surface area contributed by atoms with Crippen LogP contribution in [0.3, 0.4) is 0 Å². The normalized spacial score (nSPS) is 14.1. The minimum atomic E-state index is -0.561. The van der Waals surface area contributed by atoms with Crippen LogP contribution < -0.4 is 10.6 Å². The van der Waals surface area contributed by atoms with Crippen LogP contribution >= 0.6 is 0 Å². The number of hydrogen-bond donors (Lipinski definition) is 3. The molecule has 0 bridgehead atoms. The molecule has 3 N–H and O–H groups in total. The molecule has 0 aliphatic rings. The van der Waals surface area contributed by atoms with Crippen LogP contribution in [0.2, 0.25) is 0 Å². The van der Waals surface area contributed by atoms with Crippen molar-refractivity contribution in [3.8, 4) is 0 Å². The third-order valence-corrected chi connectivity index (χ3v) is 2.41. The predicted octanol–water partition coefficient (Wildman–Crippen LogP) is 0.650. The molecule has 1 amide bonds. The van der Waals surface area contributed by atoms with Gasteiger partial charge in [-0.05, 0) is 20.8 Å². The molecule has 4 heteroatoms. The van der Waals surface area contributed by atoms with E-state index in [0.29, 0.717) is 19.0 Å². The Balaban J connectivity index is 3.84. The summed E-state index contributed by atoms with van der Waals surface area (Å²) in [5.41, 5.74) is -0.561.